The topological polar surface area (TPSA) is 127 Å². The predicted molar refractivity (Wildman–Crippen MR) is 129 cm³/mol. The fourth-order valence-electron chi connectivity index (χ4n) is 3.72. The lowest BCUT2D eigenvalue weighted by atomic mass is 10.1. The van der Waals surface area contributed by atoms with Gasteiger partial charge in [0.1, 0.15) is 17.1 Å². The van der Waals surface area contributed by atoms with Gasteiger partial charge in [-0.15, -0.1) is 0 Å². The molecule has 2 heterocycles. The molecule has 34 heavy (non-hydrogen) atoms. The summed E-state index contributed by atoms with van der Waals surface area (Å²) in [5.74, 6) is -0.409. The van der Waals surface area contributed by atoms with E-state index in [1.54, 1.807) is 11.9 Å². The largest absolute Gasteiger partial charge is 0.497 e. The van der Waals surface area contributed by atoms with Crippen LogP contribution in [-0.4, -0.2) is 55.0 Å². The average Bonchev–Trinajstić information content (AvgIpc) is 3.04. The van der Waals surface area contributed by atoms with E-state index in [-0.39, 0.29) is 22.0 Å². The summed E-state index contributed by atoms with van der Waals surface area (Å²) >= 11 is 0. The smallest absolute Gasteiger partial charge is 0.339 e. The molecule has 0 unspecified atom stereocenters. The van der Waals surface area contributed by atoms with Crippen LogP contribution < -0.4 is 14.4 Å². The van der Waals surface area contributed by atoms with Gasteiger partial charge in [-0.05, 0) is 62.6 Å². The molecule has 3 aromatic rings. The number of aromatic nitrogens is 3. The van der Waals surface area contributed by atoms with Crippen molar-refractivity contribution in [1.29, 1.82) is 0 Å². The van der Waals surface area contributed by atoms with E-state index >= 15 is 0 Å². The van der Waals surface area contributed by atoms with E-state index in [1.165, 1.54) is 49.2 Å². The molecule has 0 radical (unpaired) electrons. The van der Waals surface area contributed by atoms with Gasteiger partial charge in [-0.1, -0.05) is 0 Å². The van der Waals surface area contributed by atoms with Crippen molar-refractivity contribution in [2.45, 2.75) is 31.6 Å². The summed E-state index contributed by atoms with van der Waals surface area (Å²) in [5.41, 5.74) is 3.25. The number of anilines is 2. The Labute approximate surface area is 199 Å². The summed E-state index contributed by atoms with van der Waals surface area (Å²) in [6.07, 6.45) is 2.89. The van der Waals surface area contributed by atoms with Gasteiger partial charge in [0.2, 0.25) is 0 Å². The number of pyridine rings is 1. The van der Waals surface area contributed by atoms with Crippen molar-refractivity contribution >= 4 is 27.5 Å². The van der Waals surface area contributed by atoms with E-state index < -0.39 is 16.0 Å². The number of aromatic carboxylic acids is 1. The second kappa shape index (κ2) is 10.1. The summed E-state index contributed by atoms with van der Waals surface area (Å²) in [5, 5.41) is 14.1. The van der Waals surface area contributed by atoms with Gasteiger partial charge in [-0.2, -0.15) is 5.10 Å². The molecule has 182 valence electrons. The number of aryl methyl sites for hydroxylation is 2. The van der Waals surface area contributed by atoms with Crippen LogP contribution in [-0.2, 0) is 23.5 Å². The molecule has 0 atom stereocenters. The van der Waals surface area contributed by atoms with Crippen LogP contribution in [0.3, 0.4) is 0 Å². The van der Waals surface area contributed by atoms with Gasteiger partial charge in [-0.3, -0.25) is 9.40 Å². The molecule has 2 N–H and O–H groups in total. The molecule has 0 fully saturated rings. The van der Waals surface area contributed by atoms with Gasteiger partial charge in [0, 0.05) is 26.3 Å². The quantitative estimate of drug-likeness (QED) is 0.447. The predicted octanol–water partition coefficient (Wildman–Crippen LogP) is 3.01. The average molecular weight is 488 g/mol. The van der Waals surface area contributed by atoms with Crippen LogP contribution in [0.5, 0.6) is 5.75 Å². The van der Waals surface area contributed by atoms with Crippen LogP contribution in [0.2, 0.25) is 0 Å². The van der Waals surface area contributed by atoms with Gasteiger partial charge < -0.3 is 14.7 Å². The van der Waals surface area contributed by atoms with E-state index in [9.17, 15) is 18.3 Å². The number of rotatable bonds is 10. The number of hydrogen-bond acceptors (Lipinski definition) is 7. The van der Waals surface area contributed by atoms with Crippen LogP contribution in [0.25, 0.3) is 0 Å². The van der Waals surface area contributed by atoms with Crippen LogP contribution in [0.15, 0.2) is 41.4 Å². The third-order valence-electron chi connectivity index (χ3n) is 5.66. The van der Waals surface area contributed by atoms with Gasteiger partial charge in [0.05, 0.1) is 29.6 Å². The first-order chi connectivity index (χ1) is 16.0. The monoisotopic (exact) mass is 487 g/mol. The number of benzene rings is 1. The van der Waals surface area contributed by atoms with Crippen molar-refractivity contribution in [1.82, 2.24) is 14.8 Å². The van der Waals surface area contributed by atoms with Crippen molar-refractivity contribution in [3.63, 3.8) is 0 Å². The number of hydrogen-bond donors (Lipinski definition) is 2. The number of sulfonamides is 1. The highest BCUT2D eigenvalue weighted by Crippen LogP contribution is 2.24. The molecule has 10 nitrogen and oxygen atoms in total. The van der Waals surface area contributed by atoms with Crippen molar-refractivity contribution in [3.05, 3.63) is 59.0 Å². The molecule has 0 saturated carbocycles. The fraction of sp³-hybridized carbons (Fsp3) is 0.348. The Morgan fingerprint density at radius 3 is 2.47 bits per heavy atom. The second-order valence-corrected chi connectivity index (χ2v) is 9.66. The third-order valence-corrected chi connectivity index (χ3v) is 7.06. The standard InChI is InChI=1S/C23H29N5O5S/c1-15-20(16(2)28(4)25-15)7-6-12-27(3)22-21(23(29)30)13-17(14-24-22)26-34(31,32)19-10-8-18(33-5)9-11-19/h8-11,13-14,26H,6-7,12H2,1-5H3,(H,29,30). The number of carboxylic acids is 1. The van der Waals surface area contributed by atoms with Crippen LogP contribution >= 0.6 is 0 Å². The highest BCUT2D eigenvalue weighted by Gasteiger charge is 2.20. The first-order valence-corrected chi connectivity index (χ1v) is 12.1. The van der Waals surface area contributed by atoms with Gasteiger partial charge in [-0.25, -0.2) is 18.2 Å². The summed E-state index contributed by atoms with van der Waals surface area (Å²) in [6.45, 7) is 4.56. The molecule has 0 saturated heterocycles. The Kier molecular flexibility index (Phi) is 7.45. The van der Waals surface area contributed by atoms with E-state index in [0.717, 1.165) is 24.2 Å². The lowest BCUT2D eigenvalue weighted by Gasteiger charge is -2.20. The molecule has 0 bridgehead atoms. The van der Waals surface area contributed by atoms with Gasteiger partial charge >= 0.3 is 5.97 Å². The maximum absolute atomic E-state index is 12.7. The molecule has 11 heteroatoms. The Hall–Kier alpha value is -3.60. The minimum absolute atomic E-state index is 0.0207. The lowest BCUT2D eigenvalue weighted by molar-refractivity contribution is 0.0697. The zero-order chi connectivity index (χ0) is 25.0. The summed E-state index contributed by atoms with van der Waals surface area (Å²) in [7, 11) is 1.23. The minimum atomic E-state index is -3.92. The summed E-state index contributed by atoms with van der Waals surface area (Å²) in [6, 6.07) is 7.14. The molecular formula is C23H29N5O5S. The van der Waals surface area contributed by atoms with Gasteiger partial charge in [0.25, 0.3) is 10.0 Å². The first kappa shape index (κ1) is 25.0. The van der Waals surface area contributed by atoms with Crippen LogP contribution in [0.4, 0.5) is 11.5 Å². The zero-order valence-corrected chi connectivity index (χ0v) is 20.7. The minimum Gasteiger partial charge on any atom is -0.497 e. The fourth-order valence-corrected chi connectivity index (χ4v) is 4.76. The van der Waals surface area contributed by atoms with E-state index in [2.05, 4.69) is 14.8 Å². The molecule has 2 aromatic heterocycles. The summed E-state index contributed by atoms with van der Waals surface area (Å²) in [4.78, 5) is 17.9. The van der Waals surface area contributed by atoms with Crippen molar-refractivity contribution < 1.29 is 23.1 Å². The Balaban J connectivity index is 1.74. The van der Waals surface area contributed by atoms with Crippen molar-refractivity contribution in [2.24, 2.45) is 7.05 Å². The number of nitrogens with zero attached hydrogens (tertiary/aromatic N) is 4. The number of nitrogens with one attached hydrogen (secondary N) is 1. The SMILES string of the molecule is COc1ccc(S(=O)(=O)Nc2cnc(N(C)CCCc3c(C)nn(C)c3C)c(C(=O)O)c2)cc1. The highest BCUT2D eigenvalue weighted by molar-refractivity contribution is 7.92. The Bertz CT molecular complexity index is 1290. The summed E-state index contributed by atoms with van der Waals surface area (Å²) < 4.78 is 34.7. The third kappa shape index (κ3) is 5.48. The highest BCUT2D eigenvalue weighted by atomic mass is 32.2. The van der Waals surface area contributed by atoms with E-state index in [1.807, 2.05) is 25.6 Å². The van der Waals surface area contributed by atoms with E-state index in [4.69, 9.17) is 4.74 Å². The molecule has 0 aliphatic rings. The molecule has 1 aromatic carbocycles. The number of methoxy groups -OCH3 is 1. The maximum Gasteiger partial charge on any atom is 0.339 e. The van der Waals surface area contributed by atoms with Crippen molar-refractivity contribution in [3.8, 4) is 5.75 Å². The van der Waals surface area contributed by atoms with E-state index in [0.29, 0.717) is 12.3 Å². The number of ether oxygens (including phenoxy) is 1. The molecule has 3 rings (SSSR count). The number of carboxylic acid groups (broad SMARTS) is 1. The molecule has 0 spiro atoms. The molecular weight excluding hydrogens is 458 g/mol. The number of carbonyl (C=O) groups is 1. The lowest BCUT2D eigenvalue weighted by Crippen LogP contribution is -2.23. The molecule has 0 aliphatic carbocycles. The second-order valence-electron chi connectivity index (χ2n) is 7.98. The van der Waals surface area contributed by atoms with Crippen LogP contribution in [0, 0.1) is 13.8 Å². The van der Waals surface area contributed by atoms with Gasteiger partial charge in [0.15, 0.2) is 0 Å². The maximum atomic E-state index is 12.7. The first-order valence-electron chi connectivity index (χ1n) is 10.6. The normalized spacial score (nSPS) is 11.3. The van der Waals surface area contributed by atoms with Crippen LogP contribution in [0.1, 0.15) is 33.7 Å². The van der Waals surface area contributed by atoms with Crippen molar-refractivity contribution in [2.75, 3.05) is 30.3 Å². The molecule has 0 amide bonds. The Morgan fingerprint density at radius 2 is 1.91 bits per heavy atom. The Morgan fingerprint density at radius 1 is 1.24 bits per heavy atom. The molecule has 0 aliphatic heterocycles. The zero-order valence-electron chi connectivity index (χ0n) is 19.9.